The molecule has 0 aliphatic heterocycles. The zero-order valence-corrected chi connectivity index (χ0v) is 16.3. The van der Waals surface area contributed by atoms with Crippen molar-refractivity contribution in [1.29, 1.82) is 0 Å². The van der Waals surface area contributed by atoms with Gasteiger partial charge in [-0.2, -0.15) is 0 Å². The predicted octanol–water partition coefficient (Wildman–Crippen LogP) is 4.83. The molecule has 1 saturated carbocycles. The Morgan fingerprint density at radius 3 is 2.77 bits per heavy atom. The van der Waals surface area contributed by atoms with E-state index in [4.69, 9.17) is 16.0 Å². The molecule has 1 fully saturated rings. The van der Waals surface area contributed by atoms with Gasteiger partial charge in [0.1, 0.15) is 4.21 Å². The Hall–Kier alpha value is -1.90. The SMILES string of the molecule is Cc1c(Cl)cccc1NS(=O)(=O)c1ccc(-c2nnc(C3CCC3)o2)s1. The minimum Gasteiger partial charge on any atom is -0.420 e. The Morgan fingerprint density at radius 2 is 2.04 bits per heavy atom. The lowest BCUT2D eigenvalue weighted by atomic mass is 9.85. The Bertz CT molecular complexity index is 1050. The summed E-state index contributed by atoms with van der Waals surface area (Å²) in [4.78, 5) is 0.631. The smallest absolute Gasteiger partial charge is 0.271 e. The van der Waals surface area contributed by atoms with E-state index in [0.717, 1.165) is 24.2 Å². The third-order valence-corrected chi connectivity index (χ3v) is 7.80. The molecule has 4 rings (SSSR count). The van der Waals surface area contributed by atoms with Crippen LogP contribution in [0.4, 0.5) is 5.69 Å². The summed E-state index contributed by atoms with van der Waals surface area (Å²) >= 11 is 7.15. The number of nitrogens with one attached hydrogen (secondary N) is 1. The molecule has 0 radical (unpaired) electrons. The van der Waals surface area contributed by atoms with Crippen LogP contribution in [-0.4, -0.2) is 18.6 Å². The molecule has 0 spiro atoms. The zero-order chi connectivity index (χ0) is 18.3. The van der Waals surface area contributed by atoms with Gasteiger partial charge in [0.2, 0.25) is 5.89 Å². The van der Waals surface area contributed by atoms with Gasteiger partial charge in [-0.1, -0.05) is 24.1 Å². The average Bonchev–Trinajstić information content (AvgIpc) is 3.19. The summed E-state index contributed by atoms with van der Waals surface area (Å²) in [6, 6.07) is 8.31. The average molecular weight is 410 g/mol. The van der Waals surface area contributed by atoms with Crippen LogP contribution in [0.3, 0.4) is 0 Å². The normalized spacial score (nSPS) is 15.0. The van der Waals surface area contributed by atoms with E-state index >= 15 is 0 Å². The lowest BCUT2D eigenvalue weighted by Gasteiger charge is -2.20. The predicted molar refractivity (Wildman–Crippen MR) is 101 cm³/mol. The number of aromatic nitrogens is 2. The molecular formula is C17H16ClN3O3S2. The van der Waals surface area contributed by atoms with Crippen molar-refractivity contribution < 1.29 is 12.8 Å². The van der Waals surface area contributed by atoms with E-state index in [1.54, 1.807) is 31.2 Å². The van der Waals surface area contributed by atoms with Crippen LogP contribution in [0.25, 0.3) is 10.8 Å². The number of sulfonamides is 1. The number of nitrogens with zero attached hydrogens (tertiary/aromatic N) is 2. The summed E-state index contributed by atoms with van der Waals surface area (Å²) in [7, 11) is -3.72. The van der Waals surface area contributed by atoms with E-state index in [9.17, 15) is 8.42 Å². The molecule has 1 N–H and O–H groups in total. The molecule has 1 aromatic carbocycles. The van der Waals surface area contributed by atoms with Gasteiger partial charge in [0.05, 0.1) is 10.6 Å². The van der Waals surface area contributed by atoms with Crippen molar-refractivity contribution in [2.24, 2.45) is 0 Å². The van der Waals surface area contributed by atoms with Gasteiger partial charge in [-0.15, -0.1) is 21.5 Å². The summed E-state index contributed by atoms with van der Waals surface area (Å²) in [5.74, 6) is 1.33. The molecule has 2 aromatic heterocycles. The molecule has 0 saturated heterocycles. The first-order valence-corrected chi connectivity index (χ1v) is 10.8. The summed E-state index contributed by atoms with van der Waals surface area (Å²) in [6.45, 7) is 1.76. The van der Waals surface area contributed by atoms with E-state index in [1.165, 1.54) is 12.5 Å². The topological polar surface area (TPSA) is 85.1 Å². The minimum absolute atomic E-state index is 0.176. The maximum absolute atomic E-state index is 12.7. The number of hydrogen-bond donors (Lipinski definition) is 1. The number of thiophene rings is 1. The summed E-state index contributed by atoms with van der Waals surface area (Å²) < 4.78 is 33.8. The highest BCUT2D eigenvalue weighted by Crippen LogP contribution is 2.38. The van der Waals surface area contributed by atoms with Gasteiger partial charge in [-0.05, 0) is 49.6 Å². The van der Waals surface area contributed by atoms with Crippen molar-refractivity contribution in [1.82, 2.24) is 10.2 Å². The van der Waals surface area contributed by atoms with Gasteiger partial charge < -0.3 is 4.42 Å². The highest BCUT2D eigenvalue weighted by atomic mass is 35.5. The first-order valence-electron chi connectivity index (χ1n) is 8.15. The van der Waals surface area contributed by atoms with Crippen LogP contribution in [0, 0.1) is 6.92 Å². The van der Waals surface area contributed by atoms with Crippen LogP contribution in [0.1, 0.15) is 36.6 Å². The first kappa shape index (κ1) is 17.5. The van der Waals surface area contributed by atoms with Gasteiger partial charge in [-0.25, -0.2) is 8.42 Å². The Morgan fingerprint density at radius 1 is 1.23 bits per heavy atom. The molecule has 0 unspecified atom stereocenters. The van der Waals surface area contributed by atoms with E-state index in [0.29, 0.717) is 38.8 Å². The second kappa shape index (κ2) is 6.68. The van der Waals surface area contributed by atoms with E-state index in [1.807, 2.05) is 0 Å². The standard InChI is InChI=1S/C17H16ClN3O3S2/c1-10-12(18)6-3-7-13(10)21-26(22,23)15-9-8-14(25-15)17-20-19-16(24-17)11-4-2-5-11/h3,6-9,11,21H,2,4-5H2,1H3. The molecule has 6 nitrogen and oxygen atoms in total. The van der Waals surface area contributed by atoms with E-state index < -0.39 is 10.0 Å². The third kappa shape index (κ3) is 3.24. The first-order chi connectivity index (χ1) is 12.4. The molecule has 26 heavy (non-hydrogen) atoms. The van der Waals surface area contributed by atoms with Crippen molar-refractivity contribution in [2.45, 2.75) is 36.3 Å². The fourth-order valence-corrected chi connectivity index (χ4v) is 5.17. The second-order valence-electron chi connectivity index (χ2n) is 6.21. The van der Waals surface area contributed by atoms with Gasteiger partial charge in [0, 0.05) is 10.9 Å². The quantitative estimate of drug-likeness (QED) is 0.652. The number of rotatable bonds is 5. The summed E-state index contributed by atoms with van der Waals surface area (Å²) in [5.41, 5.74) is 1.13. The van der Waals surface area contributed by atoms with Crippen molar-refractivity contribution in [3.05, 3.63) is 46.8 Å². The largest absolute Gasteiger partial charge is 0.420 e. The molecule has 0 atom stereocenters. The van der Waals surface area contributed by atoms with Crippen LogP contribution in [0.2, 0.25) is 5.02 Å². The number of hydrogen-bond acceptors (Lipinski definition) is 6. The van der Waals surface area contributed by atoms with Gasteiger partial charge in [0.15, 0.2) is 0 Å². The minimum atomic E-state index is -3.72. The zero-order valence-electron chi connectivity index (χ0n) is 13.9. The van der Waals surface area contributed by atoms with E-state index in [-0.39, 0.29) is 4.21 Å². The Labute approximate surface area is 160 Å². The van der Waals surface area contributed by atoms with Crippen LogP contribution in [-0.2, 0) is 10.0 Å². The highest BCUT2D eigenvalue weighted by Gasteiger charge is 2.26. The lowest BCUT2D eigenvalue weighted by Crippen LogP contribution is -2.12. The van der Waals surface area contributed by atoms with Crippen molar-refractivity contribution >= 4 is 38.6 Å². The lowest BCUT2D eigenvalue weighted by molar-refractivity contribution is 0.338. The summed E-state index contributed by atoms with van der Waals surface area (Å²) in [5, 5.41) is 8.65. The molecule has 1 aliphatic carbocycles. The molecule has 2 heterocycles. The van der Waals surface area contributed by atoms with Crippen LogP contribution < -0.4 is 4.72 Å². The maximum atomic E-state index is 12.7. The highest BCUT2D eigenvalue weighted by molar-refractivity contribution is 7.94. The van der Waals surface area contributed by atoms with Crippen molar-refractivity contribution in [3.63, 3.8) is 0 Å². The molecule has 136 valence electrons. The molecule has 1 aliphatic rings. The monoisotopic (exact) mass is 409 g/mol. The van der Waals surface area contributed by atoms with Crippen LogP contribution in [0.5, 0.6) is 0 Å². The van der Waals surface area contributed by atoms with Gasteiger partial charge >= 0.3 is 0 Å². The van der Waals surface area contributed by atoms with Crippen molar-refractivity contribution in [3.8, 4) is 10.8 Å². The summed E-state index contributed by atoms with van der Waals surface area (Å²) in [6.07, 6.45) is 3.31. The van der Waals surface area contributed by atoms with Crippen molar-refractivity contribution in [2.75, 3.05) is 4.72 Å². The Balaban J connectivity index is 1.58. The molecule has 9 heteroatoms. The molecule has 3 aromatic rings. The van der Waals surface area contributed by atoms with Gasteiger partial charge in [-0.3, -0.25) is 4.72 Å². The van der Waals surface area contributed by atoms with Crippen LogP contribution >= 0.6 is 22.9 Å². The molecule has 0 bridgehead atoms. The fourth-order valence-electron chi connectivity index (χ4n) is 2.65. The second-order valence-corrected chi connectivity index (χ2v) is 9.61. The number of anilines is 1. The maximum Gasteiger partial charge on any atom is 0.271 e. The Kier molecular flexibility index (Phi) is 4.50. The van der Waals surface area contributed by atoms with Gasteiger partial charge in [0.25, 0.3) is 15.9 Å². The number of halogens is 1. The molecule has 0 amide bonds. The van der Waals surface area contributed by atoms with Crippen LogP contribution in [0.15, 0.2) is 39.0 Å². The van der Waals surface area contributed by atoms with E-state index in [2.05, 4.69) is 14.9 Å². The fraction of sp³-hybridized carbons (Fsp3) is 0.294. The number of benzene rings is 1. The molecular weight excluding hydrogens is 394 g/mol. The third-order valence-electron chi connectivity index (χ3n) is 4.46.